The molecule has 11 heteroatoms. The van der Waals surface area contributed by atoms with Gasteiger partial charge in [-0.3, -0.25) is 30.6 Å². The number of hydrogen-bond donors (Lipinski definition) is 2. The molecule has 2 N–H and O–H groups in total. The van der Waals surface area contributed by atoms with E-state index in [4.69, 9.17) is 39.5 Å². The predicted octanol–water partition coefficient (Wildman–Crippen LogP) is 4.57. The Kier molecular flexibility index (Phi) is 8.91. The van der Waals surface area contributed by atoms with E-state index in [1.165, 1.54) is 24.3 Å². The summed E-state index contributed by atoms with van der Waals surface area (Å²) >= 11 is 17.5. The summed E-state index contributed by atoms with van der Waals surface area (Å²) in [5.41, 5.74) is 4.61. The van der Waals surface area contributed by atoms with E-state index in [2.05, 4.69) is 10.9 Å². The minimum absolute atomic E-state index is 0.00354. The Hall–Kier alpha value is -2.81. The van der Waals surface area contributed by atoms with Crippen molar-refractivity contribution >= 4 is 58.4 Å². The van der Waals surface area contributed by atoms with E-state index in [1.54, 1.807) is 18.2 Å². The predicted molar refractivity (Wildman–Crippen MR) is 115 cm³/mol. The van der Waals surface area contributed by atoms with E-state index in [-0.39, 0.29) is 23.7 Å². The van der Waals surface area contributed by atoms with E-state index in [0.717, 1.165) is 6.08 Å². The Labute approximate surface area is 186 Å². The summed E-state index contributed by atoms with van der Waals surface area (Å²) in [5, 5.41) is 11.7. The molecule has 2 amide bonds. The van der Waals surface area contributed by atoms with Crippen molar-refractivity contribution in [2.45, 2.75) is 12.8 Å². The number of nitrogens with zero attached hydrogens (tertiary/aromatic N) is 1. The molecule has 0 aliphatic heterocycles. The first-order valence-corrected chi connectivity index (χ1v) is 9.68. The van der Waals surface area contributed by atoms with Crippen molar-refractivity contribution in [2.24, 2.45) is 0 Å². The number of hydrazine groups is 1. The first-order valence-electron chi connectivity index (χ1n) is 8.55. The van der Waals surface area contributed by atoms with Crippen LogP contribution in [0.2, 0.25) is 15.1 Å². The molecular formula is C19H16Cl3N3O5. The van der Waals surface area contributed by atoms with Crippen molar-refractivity contribution < 1.29 is 19.2 Å². The molecule has 0 aliphatic carbocycles. The minimum atomic E-state index is -0.620. The molecule has 0 unspecified atom stereocenters. The lowest BCUT2D eigenvalue weighted by Crippen LogP contribution is -2.40. The van der Waals surface area contributed by atoms with Gasteiger partial charge in [0.25, 0.3) is 11.6 Å². The molecule has 0 aliphatic rings. The Morgan fingerprint density at radius 2 is 1.83 bits per heavy atom. The van der Waals surface area contributed by atoms with Crippen LogP contribution in [0.3, 0.4) is 0 Å². The van der Waals surface area contributed by atoms with Crippen LogP contribution in [0.4, 0.5) is 5.69 Å². The Morgan fingerprint density at radius 3 is 2.53 bits per heavy atom. The molecule has 2 rings (SSSR count). The highest BCUT2D eigenvalue weighted by molar-refractivity contribution is 6.35. The van der Waals surface area contributed by atoms with Crippen molar-refractivity contribution in [1.82, 2.24) is 10.9 Å². The van der Waals surface area contributed by atoms with Crippen molar-refractivity contribution in [3.63, 3.8) is 0 Å². The van der Waals surface area contributed by atoms with E-state index >= 15 is 0 Å². The van der Waals surface area contributed by atoms with E-state index in [0.29, 0.717) is 27.8 Å². The smallest absolute Gasteiger partial charge is 0.288 e. The SMILES string of the molecule is O=C(/C=C/c1ccc(Cl)c([N+](=O)[O-])c1)NNC(=O)CCCOc1ccc(Cl)cc1Cl. The molecule has 0 saturated carbocycles. The number of hydrogen-bond acceptors (Lipinski definition) is 5. The Bertz CT molecular complexity index is 982. The lowest BCUT2D eigenvalue weighted by Gasteiger charge is -2.08. The van der Waals surface area contributed by atoms with Crippen LogP contribution in [0.15, 0.2) is 42.5 Å². The first kappa shape index (κ1) is 23.5. The van der Waals surface area contributed by atoms with E-state index in [1.807, 2.05) is 0 Å². The maximum Gasteiger partial charge on any atom is 0.288 e. The van der Waals surface area contributed by atoms with Crippen molar-refractivity contribution in [3.05, 3.63) is 73.2 Å². The van der Waals surface area contributed by atoms with Gasteiger partial charge in [-0.05, 0) is 42.3 Å². The van der Waals surface area contributed by atoms with Crippen LogP contribution in [0.1, 0.15) is 18.4 Å². The zero-order valence-electron chi connectivity index (χ0n) is 15.4. The van der Waals surface area contributed by atoms with Gasteiger partial charge in [0.2, 0.25) is 5.91 Å². The summed E-state index contributed by atoms with van der Waals surface area (Å²) in [6, 6.07) is 8.93. The number of benzene rings is 2. The third-order valence-electron chi connectivity index (χ3n) is 3.62. The average Bonchev–Trinajstić information content (AvgIpc) is 2.70. The van der Waals surface area contributed by atoms with Crippen LogP contribution in [0.25, 0.3) is 6.08 Å². The average molecular weight is 473 g/mol. The fourth-order valence-corrected chi connectivity index (χ4v) is 2.84. The number of ether oxygens (including phenoxy) is 1. The van der Waals surface area contributed by atoms with Gasteiger partial charge in [-0.25, -0.2) is 0 Å². The first-order chi connectivity index (χ1) is 14.3. The van der Waals surface area contributed by atoms with Gasteiger partial charge in [-0.15, -0.1) is 0 Å². The van der Waals surface area contributed by atoms with Gasteiger partial charge >= 0.3 is 0 Å². The molecule has 2 aromatic carbocycles. The lowest BCUT2D eigenvalue weighted by atomic mass is 10.2. The molecule has 0 fully saturated rings. The fourth-order valence-electron chi connectivity index (χ4n) is 2.19. The number of halogens is 3. The summed E-state index contributed by atoms with van der Waals surface area (Å²) in [6.07, 6.45) is 2.98. The highest BCUT2D eigenvalue weighted by Gasteiger charge is 2.12. The van der Waals surface area contributed by atoms with Gasteiger partial charge in [0.05, 0.1) is 16.6 Å². The maximum atomic E-state index is 11.8. The van der Waals surface area contributed by atoms with Crippen LogP contribution < -0.4 is 15.6 Å². The minimum Gasteiger partial charge on any atom is -0.492 e. The fraction of sp³-hybridized carbons (Fsp3) is 0.158. The number of carbonyl (C=O) groups is 2. The lowest BCUT2D eigenvalue weighted by molar-refractivity contribution is -0.384. The number of carbonyl (C=O) groups excluding carboxylic acids is 2. The van der Waals surface area contributed by atoms with Gasteiger partial charge in [-0.1, -0.05) is 40.9 Å². The van der Waals surface area contributed by atoms with Crippen LogP contribution in [0.5, 0.6) is 5.75 Å². The molecule has 0 radical (unpaired) electrons. The third-order valence-corrected chi connectivity index (χ3v) is 4.47. The van der Waals surface area contributed by atoms with Crippen LogP contribution >= 0.6 is 34.8 Å². The second-order valence-electron chi connectivity index (χ2n) is 5.87. The van der Waals surface area contributed by atoms with Gasteiger partial charge in [-0.2, -0.15) is 0 Å². The number of rotatable bonds is 8. The van der Waals surface area contributed by atoms with Crippen molar-refractivity contribution in [2.75, 3.05) is 6.61 Å². The molecule has 8 nitrogen and oxygen atoms in total. The van der Waals surface area contributed by atoms with Crippen LogP contribution in [-0.2, 0) is 9.59 Å². The molecule has 0 bridgehead atoms. The van der Waals surface area contributed by atoms with Gasteiger partial charge in [0.1, 0.15) is 10.8 Å². The quantitative estimate of drug-likeness (QED) is 0.253. The van der Waals surface area contributed by atoms with Gasteiger partial charge in [0.15, 0.2) is 0 Å². The maximum absolute atomic E-state index is 11.8. The molecule has 0 heterocycles. The zero-order chi connectivity index (χ0) is 22.1. The molecule has 0 saturated heterocycles. The van der Waals surface area contributed by atoms with Gasteiger partial charge < -0.3 is 4.74 Å². The zero-order valence-corrected chi connectivity index (χ0v) is 17.6. The molecule has 30 heavy (non-hydrogen) atoms. The summed E-state index contributed by atoms with van der Waals surface area (Å²) in [4.78, 5) is 33.8. The number of nitro benzene ring substituents is 1. The van der Waals surface area contributed by atoms with Crippen LogP contribution in [-0.4, -0.2) is 23.3 Å². The second-order valence-corrected chi connectivity index (χ2v) is 7.12. The summed E-state index contributed by atoms with van der Waals surface area (Å²) < 4.78 is 5.46. The molecule has 158 valence electrons. The Morgan fingerprint density at radius 1 is 1.07 bits per heavy atom. The molecule has 0 aromatic heterocycles. The summed E-state index contributed by atoms with van der Waals surface area (Å²) in [7, 11) is 0. The Balaban J connectivity index is 1.71. The number of nitro groups is 1. The molecule has 0 atom stereocenters. The summed E-state index contributed by atoms with van der Waals surface area (Å²) in [5.74, 6) is -0.558. The van der Waals surface area contributed by atoms with Crippen LogP contribution in [0, 0.1) is 10.1 Å². The number of amides is 2. The normalized spacial score (nSPS) is 10.6. The second kappa shape index (κ2) is 11.4. The van der Waals surface area contributed by atoms with Crippen molar-refractivity contribution in [1.29, 1.82) is 0 Å². The topological polar surface area (TPSA) is 111 Å². The molecular weight excluding hydrogens is 457 g/mol. The summed E-state index contributed by atoms with van der Waals surface area (Å²) in [6.45, 7) is 0.248. The van der Waals surface area contributed by atoms with E-state index < -0.39 is 16.7 Å². The molecule has 2 aromatic rings. The van der Waals surface area contributed by atoms with E-state index in [9.17, 15) is 19.7 Å². The monoisotopic (exact) mass is 471 g/mol. The molecule has 0 spiro atoms. The highest BCUT2D eigenvalue weighted by Crippen LogP contribution is 2.27. The highest BCUT2D eigenvalue weighted by atomic mass is 35.5. The largest absolute Gasteiger partial charge is 0.492 e. The standard InChI is InChI=1S/C19H16Cl3N3O5/c20-13-5-7-17(15(22)11-13)30-9-1-2-18(26)23-24-19(27)8-4-12-3-6-14(21)16(10-12)25(28)29/h3-8,10-11H,1-2,9H2,(H,23,26)(H,24,27)/b8-4+. The third kappa shape index (κ3) is 7.55. The number of nitrogens with one attached hydrogen (secondary N) is 2. The van der Waals surface area contributed by atoms with Crippen molar-refractivity contribution in [3.8, 4) is 5.75 Å². The van der Waals surface area contributed by atoms with Gasteiger partial charge in [0, 0.05) is 23.6 Å².